The standard InChI is InChI=1S/C16H12BrN3O2S/c1-2-6-23-16-19-14-13(15(22)20-16)11(8-12(21)18-14)9-4-3-5-10(17)7-9/h1,3-5,7,11H,6,8H2,(H2,18,19,20,21,22)/t11-/m0/s1. The highest BCUT2D eigenvalue weighted by Crippen LogP contribution is 2.35. The van der Waals surface area contributed by atoms with Crippen LogP contribution in [0.3, 0.4) is 0 Å². The van der Waals surface area contributed by atoms with Crippen molar-refractivity contribution in [2.45, 2.75) is 17.5 Å². The summed E-state index contributed by atoms with van der Waals surface area (Å²) in [4.78, 5) is 31.6. The van der Waals surface area contributed by atoms with E-state index in [2.05, 4.69) is 37.1 Å². The molecule has 0 fully saturated rings. The van der Waals surface area contributed by atoms with E-state index in [1.54, 1.807) is 0 Å². The van der Waals surface area contributed by atoms with E-state index < -0.39 is 0 Å². The van der Waals surface area contributed by atoms with Crippen molar-refractivity contribution in [3.8, 4) is 12.3 Å². The Morgan fingerprint density at radius 3 is 3.00 bits per heavy atom. The smallest absolute Gasteiger partial charge is 0.257 e. The van der Waals surface area contributed by atoms with Gasteiger partial charge < -0.3 is 10.3 Å². The van der Waals surface area contributed by atoms with Crippen LogP contribution in [0.1, 0.15) is 23.5 Å². The maximum absolute atomic E-state index is 12.5. The number of nitrogens with one attached hydrogen (secondary N) is 2. The molecule has 1 aliphatic rings. The predicted octanol–water partition coefficient (Wildman–Crippen LogP) is 2.73. The molecule has 1 amide bonds. The Kier molecular flexibility index (Phi) is 4.55. The first kappa shape index (κ1) is 15.8. The third-order valence-corrected chi connectivity index (χ3v) is 4.74. The Labute approximate surface area is 145 Å². The van der Waals surface area contributed by atoms with Crippen LogP contribution in [0.4, 0.5) is 5.82 Å². The van der Waals surface area contributed by atoms with Gasteiger partial charge in [0.2, 0.25) is 5.91 Å². The molecule has 1 aromatic carbocycles. The van der Waals surface area contributed by atoms with Crippen molar-refractivity contribution >= 4 is 39.4 Å². The van der Waals surface area contributed by atoms with Gasteiger partial charge >= 0.3 is 0 Å². The van der Waals surface area contributed by atoms with Crippen LogP contribution in [0.5, 0.6) is 0 Å². The van der Waals surface area contributed by atoms with Crippen LogP contribution in [-0.2, 0) is 4.79 Å². The number of hydrogen-bond acceptors (Lipinski definition) is 4. The monoisotopic (exact) mass is 389 g/mol. The van der Waals surface area contributed by atoms with Gasteiger partial charge in [-0.2, -0.15) is 0 Å². The van der Waals surface area contributed by atoms with Gasteiger partial charge in [0.25, 0.3) is 5.56 Å². The van der Waals surface area contributed by atoms with E-state index in [4.69, 9.17) is 6.42 Å². The molecular weight excluding hydrogens is 378 g/mol. The Morgan fingerprint density at radius 2 is 2.26 bits per heavy atom. The molecule has 0 spiro atoms. The molecule has 2 aromatic rings. The number of benzene rings is 1. The van der Waals surface area contributed by atoms with Gasteiger partial charge in [0, 0.05) is 16.8 Å². The number of carbonyl (C=O) groups is 1. The van der Waals surface area contributed by atoms with Crippen LogP contribution >= 0.6 is 27.7 Å². The van der Waals surface area contributed by atoms with Gasteiger partial charge in [-0.05, 0) is 17.7 Å². The molecule has 1 atom stereocenters. The molecule has 0 saturated heterocycles. The molecule has 116 valence electrons. The number of hydrogen-bond donors (Lipinski definition) is 2. The van der Waals surface area contributed by atoms with Gasteiger partial charge in [-0.1, -0.05) is 45.7 Å². The number of fused-ring (bicyclic) bond motifs is 1. The van der Waals surface area contributed by atoms with Crippen molar-refractivity contribution in [1.82, 2.24) is 9.97 Å². The average molecular weight is 390 g/mol. The van der Waals surface area contributed by atoms with Crippen LogP contribution in [0.2, 0.25) is 0 Å². The zero-order valence-electron chi connectivity index (χ0n) is 11.9. The number of H-pyrrole nitrogens is 1. The molecule has 2 heterocycles. The Hall–Kier alpha value is -2.04. The zero-order chi connectivity index (χ0) is 16.4. The van der Waals surface area contributed by atoms with Crippen molar-refractivity contribution in [1.29, 1.82) is 0 Å². The summed E-state index contributed by atoms with van der Waals surface area (Å²) >= 11 is 4.66. The van der Waals surface area contributed by atoms with Crippen LogP contribution in [0.25, 0.3) is 0 Å². The minimum absolute atomic E-state index is 0.159. The summed E-state index contributed by atoms with van der Waals surface area (Å²) in [6.45, 7) is 0. The third-order valence-electron chi connectivity index (χ3n) is 3.47. The maximum atomic E-state index is 12.5. The minimum Gasteiger partial charge on any atom is -0.310 e. The minimum atomic E-state index is -0.320. The number of rotatable bonds is 3. The second kappa shape index (κ2) is 6.60. The molecule has 5 nitrogen and oxygen atoms in total. The lowest BCUT2D eigenvalue weighted by Gasteiger charge is -2.24. The normalized spacial score (nSPS) is 16.3. The van der Waals surface area contributed by atoms with E-state index in [-0.39, 0.29) is 23.8 Å². The molecule has 1 aliphatic heterocycles. The first-order valence-corrected chi connectivity index (χ1v) is 8.62. The predicted molar refractivity (Wildman–Crippen MR) is 93.6 cm³/mol. The topological polar surface area (TPSA) is 74.8 Å². The highest BCUT2D eigenvalue weighted by molar-refractivity contribution is 9.10. The van der Waals surface area contributed by atoms with Gasteiger partial charge in [0.1, 0.15) is 5.82 Å². The van der Waals surface area contributed by atoms with E-state index >= 15 is 0 Å². The first-order valence-electron chi connectivity index (χ1n) is 6.84. The van der Waals surface area contributed by atoms with Crippen molar-refractivity contribution in [3.05, 3.63) is 50.2 Å². The molecule has 0 saturated carbocycles. The highest BCUT2D eigenvalue weighted by Gasteiger charge is 2.30. The number of halogens is 1. The molecule has 0 unspecified atom stereocenters. The molecule has 7 heteroatoms. The third kappa shape index (κ3) is 3.33. The fourth-order valence-corrected chi connectivity index (χ4v) is 3.49. The van der Waals surface area contributed by atoms with E-state index in [0.717, 1.165) is 10.0 Å². The fraction of sp³-hybridized carbons (Fsp3) is 0.188. The fourth-order valence-electron chi connectivity index (χ4n) is 2.54. The Morgan fingerprint density at radius 1 is 1.43 bits per heavy atom. The number of anilines is 1. The molecule has 0 bridgehead atoms. The summed E-state index contributed by atoms with van der Waals surface area (Å²) in [5.41, 5.74) is 1.12. The zero-order valence-corrected chi connectivity index (χ0v) is 14.3. The first-order chi connectivity index (χ1) is 11.1. The molecule has 23 heavy (non-hydrogen) atoms. The van der Waals surface area contributed by atoms with E-state index in [1.807, 2.05) is 24.3 Å². The second-order valence-corrected chi connectivity index (χ2v) is 6.87. The lowest BCUT2D eigenvalue weighted by atomic mass is 9.87. The van der Waals surface area contributed by atoms with Crippen LogP contribution in [0, 0.1) is 12.3 Å². The molecule has 3 rings (SSSR count). The summed E-state index contributed by atoms with van der Waals surface area (Å²) in [7, 11) is 0. The number of terminal acetylenes is 1. The molecular formula is C16H12BrN3O2S. The summed E-state index contributed by atoms with van der Waals surface area (Å²) < 4.78 is 0.896. The Bertz CT molecular complexity index is 872. The van der Waals surface area contributed by atoms with E-state index in [9.17, 15) is 9.59 Å². The largest absolute Gasteiger partial charge is 0.310 e. The summed E-state index contributed by atoms with van der Waals surface area (Å²) in [6, 6.07) is 7.59. The van der Waals surface area contributed by atoms with Crippen molar-refractivity contribution in [3.63, 3.8) is 0 Å². The summed E-state index contributed by atoms with van der Waals surface area (Å²) in [5.74, 6) is 2.70. The van der Waals surface area contributed by atoms with Crippen LogP contribution in [-0.4, -0.2) is 21.6 Å². The van der Waals surface area contributed by atoms with Gasteiger partial charge in [0.15, 0.2) is 5.16 Å². The number of aromatic amines is 1. The number of carbonyl (C=O) groups excluding carboxylic acids is 1. The summed E-state index contributed by atoms with van der Waals surface area (Å²) in [5, 5.41) is 3.09. The molecule has 0 radical (unpaired) electrons. The van der Waals surface area contributed by atoms with E-state index in [1.165, 1.54) is 11.8 Å². The van der Waals surface area contributed by atoms with Gasteiger partial charge in [-0.25, -0.2) is 4.98 Å². The van der Waals surface area contributed by atoms with E-state index in [0.29, 0.717) is 22.3 Å². The Balaban J connectivity index is 2.09. The van der Waals surface area contributed by atoms with Crippen molar-refractivity contribution < 1.29 is 4.79 Å². The van der Waals surface area contributed by atoms with Gasteiger partial charge in [0.05, 0.1) is 11.3 Å². The number of nitrogens with zero attached hydrogens (tertiary/aromatic N) is 1. The lowest BCUT2D eigenvalue weighted by molar-refractivity contribution is -0.116. The van der Waals surface area contributed by atoms with Gasteiger partial charge in [-0.3, -0.25) is 9.59 Å². The second-order valence-electron chi connectivity index (χ2n) is 4.99. The molecule has 1 aromatic heterocycles. The number of thioether (sulfide) groups is 1. The lowest BCUT2D eigenvalue weighted by Crippen LogP contribution is -2.31. The SMILES string of the molecule is C#CCSc1nc2c(c(=O)[nH]1)[C@H](c1cccc(Br)c1)CC(=O)N2. The average Bonchev–Trinajstić information content (AvgIpc) is 2.51. The summed E-state index contributed by atoms with van der Waals surface area (Å²) in [6.07, 6.45) is 5.44. The van der Waals surface area contributed by atoms with Crippen LogP contribution < -0.4 is 10.9 Å². The number of amides is 1. The molecule has 2 N–H and O–H groups in total. The van der Waals surface area contributed by atoms with Crippen molar-refractivity contribution in [2.24, 2.45) is 0 Å². The van der Waals surface area contributed by atoms with Crippen molar-refractivity contribution in [2.75, 3.05) is 11.1 Å². The quantitative estimate of drug-likeness (QED) is 0.480. The maximum Gasteiger partial charge on any atom is 0.257 e. The molecule has 0 aliphatic carbocycles. The van der Waals surface area contributed by atoms with Crippen LogP contribution in [0.15, 0.2) is 38.7 Å². The highest BCUT2D eigenvalue weighted by atomic mass is 79.9. The number of aromatic nitrogens is 2. The van der Waals surface area contributed by atoms with Gasteiger partial charge in [-0.15, -0.1) is 6.42 Å².